The van der Waals surface area contributed by atoms with Crippen LogP contribution in [0.15, 0.2) is 47.7 Å². The summed E-state index contributed by atoms with van der Waals surface area (Å²) < 4.78 is 0. The van der Waals surface area contributed by atoms with Gasteiger partial charge in [-0.15, -0.1) is 0 Å². The highest BCUT2D eigenvalue weighted by Crippen LogP contribution is 2.23. The molecule has 0 amide bonds. The van der Waals surface area contributed by atoms with Gasteiger partial charge in [0.15, 0.2) is 0 Å². The number of aryl methyl sites for hydroxylation is 2. The van der Waals surface area contributed by atoms with Crippen LogP contribution < -0.4 is 5.43 Å². The number of anilines is 1. The number of hydrazone groups is 1. The molecule has 0 saturated carbocycles. The molecule has 1 N–H and O–H groups in total. The number of hydrogen-bond acceptors (Lipinski definition) is 3. The number of aromatic nitrogens is 1. The van der Waals surface area contributed by atoms with E-state index in [1.807, 2.05) is 25.1 Å². The molecule has 3 rings (SSSR count). The van der Waals surface area contributed by atoms with E-state index in [2.05, 4.69) is 33.7 Å². The van der Waals surface area contributed by atoms with Crippen molar-refractivity contribution in [1.82, 2.24) is 4.98 Å². The predicted molar refractivity (Wildman–Crippen MR) is 78.5 cm³/mol. The molecule has 0 radical (unpaired) electrons. The number of rotatable bonds is 3. The van der Waals surface area contributed by atoms with E-state index in [-0.39, 0.29) is 0 Å². The Balaban J connectivity index is 1.78. The topological polar surface area (TPSA) is 37.3 Å². The fourth-order valence-corrected chi connectivity index (χ4v) is 2.43. The van der Waals surface area contributed by atoms with Crippen LogP contribution in [0.25, 0.3) is 0 Å². The van der Waals surface area contributed by atoms with Crippen LogP contribution in [0.3, 0.4) is 0 Å². The monoisotopic (exact) mass is 251 g/mol. The molecule has 1 aromatic carbocycles. The Kier molecular flexibility index (Phi) is 3.27. The van der Waals surface area contributed by atoms with E-state index in [0.29, 0.717) is 0 Å². The highest BCUT2D eigenvalue weighted by Gasteiger charge is 2.11. The molecule has 1 aliphatic rings. The normalized spacial score (nSPS) is 14.3. The third-order valence-electron chi connectivity index (χ3n) is 3.52. The second kappa shape index (κ2) is 5.22. The van der Waals surface area contributed by atoms with Crippen molar-refractivity contribution in [2.75, 3.05) is 5.43 Å². The van der Waals surface area contributed by atoms with Gasteiger partial charge in [0.05, 0.1) is 5.71 Å². The van der Waals surface area contributed by atoms with Crippen LogP contribution in [0.5, 0.6) is 0 Å². The second-order valence-electron chi connectivity index (χ2n) is 4.86. The van der Waals surface area contributed by atoms with Crippen molar-refractivity contribution in [1.29, 1.82) is 0 Å². The Bertz CT molecular complexity index is 603. The van der Waals surface area contributed by atoms with Crippen LogP contribution in [0.2, 0.25) is 0 Å². The summed E-state index contributed by atoms with van der Waals surface area (Å²) in [5.74, 6) is 0.767. The zero-order valence-electron chi connectivity index (χ0n) is 11.1. The first-order chi connectivity index (χ1) is 9.33. The molecular weight excluding hydrogens is 234 g/mol. The van der Waals surface area contributed by atoms with Crippen molar-refractivity contribution >= 4 is 11.5 Å². The van der Waals surface area contributed by atoms with E-state index in [1.165, 1.54) is 36.0 Å². The lowest BCUT2D eigenvalue weighted by Gasteiger charge is -2.05. The molecule has 0 saturated heterocycles. The van der Waals surface area contributed by atoms with Gasteiger partial charge in [-0.1, -0.05) is 18.2 Å². The van der Waals surface area contributed by atoms with Gasteiger partial charge in [-0.3, -0.25) is 5.43 Å². The summed E-state index contributed by atoms with van der Waals surface area (Å²) in [5.41, 5.74) is 8.13. The zero-order chi connectivity index (χ0) is 13.1. The number of fused-ring (bicyclic) bond motifs is 1. The Morgan fingerprint density at radius 2 is 2.05 bits per heavy atom. The minimum absolute atomic E-state index is 0.767. The Morgan fingerprint density at radius 3 is 2.89 bits per heavy atom. The number of nitrogens with one attached hydrogen (secondary N) is 1. The van der Waals surface area contributed by atoms with Gasteiger partial charge in [-0.05, 0) is 61.1 Å². The first-order valence-electron chi connectivity index (χ1n) is 6.66. The third kappa shape index (κ3) is 2.65. The molecule has 19 heavy (non-hydrogen) atoms. The molecule has 0 bridgehead atoms. The van der Waals surface area contributed by atoms with Gasteiger partial charge in [-0.25, -0.2) is 4.98 Å². The van der Waals surface area contributed by atoms with Gasteiger partial charge < -0.3 is 0 Å². The van der Waals surface area contributed by atoms with Gasteiger partial charge in [0.25, 0.3) is 0 Å². The Hall–Kier alpha value is -2.16. The van der Waals surface area contributed by atoms with Crippen molar-refractivity contribution in [2.24, 2.45) is 5.10 Å². The second-order valence-corrected chi connectivity index (χ2v) is 4.86. The summed E-state index contributed by atoms with van der Waals surface area (Å²) in [7, 11) is 0. The van der Waals surface area contributed by atoms with Crippen molar-refractivity contribution in [3.8, 4) is 0 Å². The molecule has 0 atom stereocenters. The smallest absolute Gasteiger partial charge is 0.146 e. The molecule has 3 nitrogen and oxygen atoms in total. The van der Waals surface area contributed by atoms with Crippen LogP contribution >= 0.6 is 0 Å². The van der Waals surface area contributed by atoms with Crippen LogP contribution in [-0.4, -0.2) is 10.7 Å². The van der Waals surface area contributed by atoms with Gasteiger partial charge >= 0.3 is 0 Å². The number of pyridine rings is 1. The lowest BCUT2D eigenvalue weighted by atomic mass is 10.0. The molecule has 0 fully saturated rings. The number of hydrogen-bond donors (Lipinski definition) is 1. The van der Waals surface area contributed by atoms with Crippen LogP contribution in [0.1, 0.15) is 30.0 Å². The minimum atomic E-state index is 0.767. The van der Waals surface area contributed by atoms with E-state index in [9.17, 15) is 0 Å². The highest BCUT2D eigenvalue weighted by molar-refractivity contribution is 5.99. The van der Waals surface area contributed by atoms with Gasteiger partial charge in [-0.2, -0.15) is 5.10 Å². The Morgan fingerprint density at radius 1 is 1.16 bits per heavy atom. The van der Waals surface area contributed by atoms with Gasteiger partial charge in [0.2, 0.25) is 0 Å². The summed E-state index contributed by atoms with van der Waals surface area (Å²) in [4.78, 5) is 4.18. The molecule has 96 valence electrons. The molecule has 2 aromatic rings. The lowest BCUT2D eigenvalue weighted by molar-refractivity contribution is 0.912. The largest absolute Gasteiger partial charge is 0.261 e. The van der Waals surface area contributed by atoms with Crippen molar-refractivity contribution in [2.45, 2.75) is 26.2 Å². The molecule has 1 heterocycles. The standard InChI is InChI=1S/C16H17N3/c1-12(18-19-16-7-2-3-10-17-16)14-9-8-13-5-4-6-15(13)11-14/h2-3,7-11H,4-6H2,1H3,(H,17,19)/b18-12-. The van der Waals surface area contributed by atoms with Crippen LogP contribution in [0, 0.1) is 0 Å². The van der Waals surface area contributed by atoms with Gasteiger partial charge in [0, 0.05) is 6.20 Å². The lowest BCUT2D eigenvalue weighted by Crippen LogP contribution is -2.01. The van der Waals surface area contributed by atoms with E-state index < -0.39 is 0 Å². The molecule has 1 aromatic heterocycles. The maximum Gasteiger partial charge on any atom is 0.146 e. The fraction of sp³-hybridized carbons (Fsp3) is 0.250. The van der Waals surface area contributed by atoms with Gasteiger partial charge in [0.1, 0.15) is 5.82 Å². The van der Waals surface area contributed by atoms with Crippen molar-refractivity contribution in [3.05, 3.63) is 59.3 Å². The first-order valence-corrected chi connectivity index (χ1v) is 6.66. The SMILES string of the molecule is C/C(=N/Nc1ccccn1)c1ccc2c(c1)CCC2. The van der Waals surface area contributed by atoms with E-state index >= 15 is 0 Å². The summed E-state index contributed by atoms with van der Waals surface area (Å²) >= 11 is 0. The molecular formula is C16H17N3. The van der Waals surface area contributed by atoms with E-state index in [0.717, 1.165) is 11.5 Å². The average molecular weight is 251 g/mol. The summed E-state index contributed by atoms with van der Waals surface area (Å²) in [5, 5.41) is 4.39. The average Bonchev–Trinajstić information content (AvgIpc) is 2.93. The van der Waals surface area contributed by atoms with Crippen molar-refractivity contribution in [3.63, 3.8) is 0 Å². The number of nitrogens with zero attached hydrogens (tertiary/aromatic N) is 2. The minimum Gasteiger partial charge on any atom is -0.261 e. The van der Waals surface area contributed by atoms with Crippen molar-refractivity contribution < 1.29 is 0 Å². The maximum atomic E-state index is 4.39. The van der Waals surface area contributed by atoms with E-state index in [1.54, 1.807) is 6.20 Å². The highest BCUT2D eigenvalue weighted by atomic mass is 15.3. The Labute approximate surface area is 113 Å². The van der Waals surface area contributed by atoms with Crippen LogP contribution in [0.4, 0.5) is 5.82 Å². The molecule has 1 aliphatic carbocycles. The molecule has 0 spiro atoms. The zero-order valence-corrected chi connectivity index (χ0v) is 11.1. The molecule has 3 heteroatoms. The first kappa shape index (κ1) is 11.9. The molecule has 0 aliphatic heterocycles. The summed E-state index contributed by atoms with van der Waals surface area (Å²) in [6, 6.07) is 12.4. The fourth-order valence-electron chi connectivity index (χ4n) is 2.43. The maximum absolute atomic E-state index is 4.39. The quantitative estimate of drug-likeness (QED) is 0.670. The summed E-state index contributed by atoms with van der Waals surface area (Å²) in [6.07, 6.45) is 5.45. The van der Waals surface area contributed by atoms with E-state index in [4.69, 9.17) is 0 Å². The third-order valence-corrected chi connectivity index (χ3v) is 3.52. The molecule has 0 unspecified atom stereocenters. The summed E-state index contributed by atoms with van der Waals surface area (Å²) in [6.45, 7) is 2.02. The van der Waals surface area contributed by atoms with Crippen LogP contribution in [-0.2, 0) is 12.8 Å². The predicted octanol–water partition coefficient (Wildman–Crippen LogP) is 3.41. The number of benzene rings is 1.